The second-order valence-electron chi connectivity index (χ2n) is 3.82. The number of aliphatic carboxylic acids is 1. The molecule has 0 aromatic heterocycles. The summed E-state index contributed by atoms with van der Waals surface area (Å²) < 4.78 is 0. The highest BCUT2D eigenvalue weighted by Crippen LogP contribution is 2.20. The van der Waals surface area contributed by atoms with Crippen molar-refractivity contribution in [1.29, 1.82) is 0 Å². The lowest BCUT2D eigenvalue weighted by Crippen LogP contribution is -2.50. The van der Waals surface area contributed by atoms with Gasteiger partial charge in [0.25, 0.3) is 0 Å². The molecule has 5 nitrogen and oxygen atoms in total. The number of likely N-dealkylation sites (N-methyl/N-ethyl adjacent to an activating group) is 1. The van der Waals surface area contributed by atoms with Crippen molar-refractivity contribution in [3.8, 4) is 0 Å². The molecule has 1 aromatic carbocycles. The van der Waals surface area contributed by atoms with Gasteiger partial charge in [-0.25, -0.2) is 4.79 Å². The van der Waals surface area contributed by atoms with E-state index in [9.17, 15) is 14.7 Å². The number of hydrogen-bond donors (Lipinski definition) is 3. The third kappa shape index (κ3) is 3.04. The Balaban J connectivity index is 2.91. The van der Waals surface area contributed by atoms with E-state index in [1.165, 1.54) is 14.0 Å². The van der Waals surface area contributed by atoms with Crippen molar-refractivity contribution in [2.45, 2.75) is 12.5 Å². The molecule has 0 aliphatic carbocycles. The monoisotopic (exact) mass is 236 g/mol. The van der Waals surface area contributed by atoms with Crippen LogP contribution < -0.4 is 10.6 Å². The van der Waals surface area contributed by atoms with Gasteiger partial charge >= 0.3 is 5.97 Å². The molecular formula is C12H16N2O3. The molecule has 3 N–H and O–H groups in total. The van der Waals surface area contributed by atoms with E-state index in [2.05, 4.69) is 10.6 Å². The van der Waals surface area contributed by atoms with Crippen LogP contribution in [0.25, 0.3) is 0 Å². The summed E-state index contributed by atoms with van der Waals surface area (Å²) in [4.78, 5) is 22.5. The third-order valence-corrected chi connectivity index (χ3v) is 2.66. The Morgan fingerprint density at radius 3 is 2.35 bits per heavy atom. The quantitative estimate of drug-likeness (QED) is 0.688. The molecule has 0 saturated carbocycles. The van der Waals surface area contributed by atoms with Crippen LogP contribution >= 0.6 is 0 Å². The standard InChI is InChI=1S/C12H16N2O3/c1-12(11(16)17,14-8-10(15)13-2)9-6-4-3-5-7-9/h3-7,14H,8H2,1-2H3,(H,13,15)(H,16,17). The van der Waals surface area contributed by atoms with E-state index in [0.717, 1.165) is 0 Å². The molecule has 0 spiro atoms. The number of carboxylic acid groups (broad SMARTS) is 1. The Hall–Kier alpha value is -1.88. The van der Waals surface area contributed by atoms with E-state index in [1.54, 1.807) is 24.3 Å². The largest absolute Gasteiger partial charge is 0.480 e. The summed E-state index contributed by atoms with van der Waals surface area (Å²) in [6.07, 6.45) is 0. The zero-order chi connectivity index (χ0) is 12.9. The predicted molar refractivity (Wildman–Crippen MR) is 63.5 cm³/mol. The van der Waals surface area contributed by atoms with Gasteiger partial charge < -0.3 is 10.4 Å². The molecule has 0 heterocycles. The smallest absolute Gasteiger partial charge is 0.328 e. The maximum absolute atomic E-state index is 11.3. The zero-order valence-electron chi connectivity index (χ0n) is 9.86. The number of hydrogen-bond acceptors (Lipinski definition) is 3. The number of carboxylic acids is 1. The fraction of sp³-hybridized carbons (Fsp3) is 0.333. The molecule has 5 heteroatoms. The second kappa shape index (κ2) is 5.45. The first-order chi connectivity index (χ1) is 8.00. The van der Waals surface area contributed by atoms with E-state index in [1.807, 2.05) is 6.07 Å². The fourth-order valence-corrected chi connectivity index (χ4v) is 1.42. The van der Waals surface area contributed by atoms with E-state index >= 15 is 0 Å². The van der Waals surface area contributed by atoms with Gasteiger partial charge in [-0.3, -0.25) is 10.1 Å². The molecule has 0 bridgehead atoms. The topological polar surface area (TPSA) is 78.4 Å². The van der Waals surface area contributed by atoms with E-state index < -0.39 is 11.5 Å². The Labute approximate surface area is 99.8 Å². The molecule has 0 aliphatic heterocycles. The lowest BCUT2D eigenvalue weighted by Gasteiger charge is -2.26. The van der Waals surface area contributed by atoms with Crippen LogP contribution in [0.1, 0.15) is 12.5 Å². The average molecular weight is 236 g/mol. The van der Waals surface area contributed by atoms with Crippen molar-refractivity contribution >= 4 is 11.9 Å². The maximum atomic E-state index is 11.3. The number of nitrogens with one attached hydrogen (secondary N) is 2. The molecular weight excluding hydrogens is 220 g/mol. The molecule has 1 atom stereocenters. The number of carbonyl (C=O) groups is 2. The average Bonchev–Trinajstić information content (AvgIpc) is 2.36. The summed E-state index contributed by atoms with van der Waals surface area (Å²) >= 11 is 0. The van der Waals surface area contributed by atoms with Crippen LogP contribution in [0.3, 0.4) is 0 Å². The maximum Gasteiger partial charge on any atom is 0.328 e. The molecule has 1 unspecified atom stereocenters. The Morgan fingerprint density at radius 1 is 1.29 bits per heavy atom. The van der Waals surface area contributed by atoms with Crippen molar-refractivity contribution in [2.24, 2.45) is 0 Å². The molecule has 1 rings (SSSR count). The minimum absolute atomic E-state index is 0.0474. The lowest BCUT2D eigenvalue weighted by molar-refractivity contribution is -0.144. The highest BCUT2D eigenvalue weighted by atomic mass is 16.4. The molecule has 0 aliphatic rings. The molecule has 0 saturated heterocycles. The van der Waals surface area contributed by atoms with Crippen molar-refractivity contribution in [3.05, 3.63) is 35.9 Å². The van der Waals surface area contributed by atoms with Crippen LogP contribution in [0.5, 0.6) is 0 Å². The molecule has 92 valence electrons. The first-order valence-electron chi connectivity index (χ1n) is 5.25. The van der Waals surface area contributed by atoms with Gasteiger partial charge in [0.05, 0.1) is 6.54 Å². The summed E-state index contributed by atoms with van der Waals surface area (Å²) in [5, 5.41) is 14.5. The number of carbonyl (C=O) groups excluding carboxylic acids is 1. The van der Waals surface area contributed by atoms with Crippen molar-refractivity contribution < 1.29 is 14.7 Å². The Kier molecular flexibility index (Phi) is 4.23. The highest BCUT2D eigenvalue weighted by Gasteiger charge is 2.34. The van der Waals surface area contributed by atoms with Gasteiger partial charge in [-0.15, -0.1) is 0 Å². The van der Waals surface area contributed by atoms with Crippen molar-refractivity contribution in [1.82, 2.24) is 10.6 Å². The number of benzene rings is 1. The van der Waals surface area contributed by atoms with Crippen LogP contribution in [0, 0.1) is 0 Å². The summed E-state index contributed by atoms with van der Waals surface area (Å²) in [7, 11) is 1.50. The van der Waals surface area contributed by atoms with Crippen LogP contribution in [0.15, 0.2) is 30.3 Å². The van der Waals surface area contributed by atoms with Crippen LogP contribution in [-0.4, -0.2) is 30.6 Å². The highest BCUT2D eigenvalue weighted by molar-refractivity contribution is 5.82. The minimum atomic E-state index is -1.27. The van der Waals surface area contributed by atoms with Crippen LogP contribution in [0.4, 0.5) is 0 Å². The first kappa shape index (κ1) is 13.2. The predicted octanol–water partition coefficient (Wildman–Crippen LogP) is 0.322. The third-order valence-electron chi connectivity index (χ3n) is 2.66. The molecule has 1 aromatic rings. The van der Waals surface area contributed by atoms with Gasteiger partial charge in [0.15, 0.2) is 0 Å². The normalized spacial score (nSPS) is 13.8. The summed E-state index contributed by atoms with van der Waals surface area (Å²) in [6.45, 7) is 1.49. The first-order valence-corrected chi connectivity index (χ1v) is 5.25. The summed E-state index contributed by atoms with van der Waals surface area (Å²) in [6, 6.07) is 8.76. The minimum Gasteiger partial charge on any atom is -0.480 e. The summed E-state index contributed by atoms with van der Waals surface area (Å²) in [5.74, 6) is -1.28. The van der Waals surface area contributed by atoms with Crippen LogP contribution in [0.2, 0.25) is 0 Å². The van der Waals surface area contributed by atoms with Gasteiger partial charge in [0.1, 0.15) is 5.54 Å². The lowest BCUT2D eigenvalue weighted by atomic mass is 9.92. The van der Waals surface area contributed by atoms with Gasteiger partial charge in [-0.2, -0.15) is 0 Å². The fourth-order valence-electron chi connectivity index (χ4n) is 1.42. The molecule has 1 amide bonds. The van der Waals surface area contributed by atoms with Crippen LogP contribution in [-0.2, 0) is 15.1 Å². The van der Waals surface area contributed by atoms with Gasteiger partial charge in [0, 0.05) is 7.05 Å². The number of rotatable bonds is 5. The zero-order valence-corrected chi connectivity index (χ0v) is 9.86. The summed E-state index contributed by atoms with van der Waals surface area (Å²) in [5.41, 5.74) is -0.662. The van der Waals surface area contributed by atoms with Gasteiger partial charge in [0.2, 0.25) is 5.91 Å². The SMILES string of the molecule is CNC(=O)CNC(C)(C(=O)O)c1ccccc1. The van der Waals surface area contributed by atoms with Gasteiger partial charge in [-0.05, 0) is 12.5 Å². The Bertz CT molecular complexity index is 405. The van der Waals surface area contributed by atoms with E-state index in [0.29, 0.717) is 5.56 Å². The van der Waals surface area contributed by atoms with E-state index in [-0.39, 0.29) is 12.5 Å². The second-order valence-corrected chi connectivity index (χ2v) is 3.82. The number of amides is 1. The van der Waals surface area contributed by atoms with Crippen molar-refractivity contribution in [2.75, 3.05) is 13.6 Å². The molecule has 0 fully saturated rings. The Morgan fingerprint density at radius 2 is 1.88 bits per heavy atom. The van der Waals surface area contributed by atoms with Crippen molar-refractivity contribution in [3.63, 3.8) is 0 Å². The molecule has 17 heavy (non-hydrogen) atoms. The van der Waals surface area contributed by atoms with Gasteiger partial charge in [-0.1, -0.05) is 30.3 Å². The van der Waals surface area contributed by atoms with E-state index in [4.69, 9.17) is 0 Å². The molecule has 0 radical (unpaired) electrons.